The third-order valence-corrected chi connectivity index (χ3v) is 5.85. The molecule has 5 nitrogen and oxygen atoms in total. The Bertz CT molecular complexity index is 756. The maximum absolute atomic E-state index is 11.6. The van der Waals surface area contributed by atoms with Crippen molar-refractivity contribution >= 4 is 32.6 Å². The first-order valence-electron chi connectivity index (χ1n) is 7.10. The largest absolute Gasteiger partial charge is 0.309 e. The van der Waals surface area contributed by atoms with Crippen LogP contribution >= 0.6 is 11.6 Å². The van der Waals surface area contributed by atoms with Gasteiger partial charge in [0, 0.05) is 24.5 Å². The first-order chi connectivity index (χ1) is 10.00. The van der Waals surface area contributed by atoms with Crippen LogP contribution in [0.2, 0.25) is 0 Å². The van der Waals surface area contributed by atoms with E-state index >= 15 is 0 Å². The second-order valence-corrected chi connectivity index (χ2v) is 8.26. The quantitative estimate of drug-likeness (QED) is 0.811. The first-order valence-corrected chi connectivity index (χ1v) is 9.45. The number of rotatable bonds is 3. The zero-order chi connectivity index (χ0) is 15.0. The zero-order valence-electron chi connectivity index (χ0n) is 11.9. The molecule has 0 N–H and O–H groups in total. The minimum atomic E-state index is -2.87. The average Bonchev–Trinajstić information content (AvgIpc) is 2.76. The standard InChI is InChI=1S/C14H18ClN3O2S/c1-10-8-12-14(16-9-10)18(13(17-12)2-5-15)11-3-6-21(19,20)7-4-11/h8-9,11H,2-7H2,1H3. The SMILES string of the molecule is Cc1cnc2c(c1)nc(CCCl)n2C1CCS(=O)(=O)CC1. The van der Waals surface area contributed by atoms with E-state index in [1.165, 1.54) is 0 Å². The monoisotopic (exact) mass is 327 g/mol. The van der Waals surface area contributed by atoms with Crippen LogP contribution in [0.15, 0.2) is 12.3 Å². The van der Waals surface area contributed by atoms with Crippen LogP contribution in [0, 0.1) is 6.92 Å². The molecule has 0 atom stereocenters. The number of nitrogens with zero attached hydrogens (tertiary/aromatic N) is 3. The number of hydrogen-bond donors (Lipinski definition) is 0. The van der Waals surface area contributed by atoms with Crippen molar-refractivity contribution in [2.75, 3.05) is 17.4 Å². The van der Waals surface area contributed by atoms with E-state index in [-0.39, 0.29) is 17.5 Å². The molecule has 114 valence electrons. The van der Waals surface area contributed by atoms with Gasteiger partial charge in [0.15, 0.2) is 5.65 Å². The van der Waals surface area contributed by atoms with Crippen molar-refractivity contribution in [3.05, 3.63) is 23.7 Å². The summed E-state index contributed by atoms with van der Waals surface area (Å²) in [5, 5.41) is 0. The van der Waals surface area contributed by atoms with Gasteiger partial charge in [-0.3, -0.25) is 0 Å². The predicted molar refractivity (Wildman–Crippen MR) is 83.6 cm³/mol. The Balaban J connectivity index is 2.05. The van der Waals surface area contributed by atoms with Gasteiger partial charge in [-0.2, -0.15) is 0 Å². The van der Waals surface area contributed by atoms with Gasteiger partial charge in [0.25, 0.3) is 0 Å². The lowest BCUT2D eigenvalue weighted by Crippen LogP contribution is -2.26. The summed E-state index contributed by atoms with van der Waals surface area (Å²) in [6, 6.07) is 2.16. The van der Waals surface area contributed by atoms with Crippen molar-refractivity contribution < 1.29 is 8.42 Å². The Kier molecular flexibility index (Phi) is 3.92. The van der Waals surface area contributed by atoms with Crippen LogP contribution < -0.4 is 0 Å². The highest BCUT2D eigenvalue weighted by molar-refractivity contribution is 7.91. The third-order valence-electron chi connectivity index (χ3n) is 3.95. The molecule has 7 heteroatoms. The zero-order valence-corrected chi connectivity index (χ0v) is 13.5. The molecular weight excluding hydrogens is 310 g/mol. The summed E-state index contributed by atoms with van der Waals surface area (Å²) in [6.45, 7) is 1.99. The van der Waals surface area contributed by atoms with Gasteiger partial charge in [0.05, 0.1) is 11.5 Å². The fraction of sp³-hybridized carbons (Fsp3) is 0.571. The molecule has 0 amide bonds. The van der Waals surface area contributed by atoms with Crippen molar-refractivity contribution in [2.45, 2.75) is 32.2 Å². The number of sulfone groups is 1. The number of alkyl halides is 1. The van der Waals surface area contributed by atoms with E-state index in [1.54, 1.807) is 0 Å². The minimum Gasteiger partial charge on any atom is -0.309 e. The summed E-state index contributed by atoms with van der Waals surface area (Å²) in [5.74, 6) is 1.88. The summed E-state index contributed by atoms with van der Waals surface area (Å²) in [4.78, 5) is 9.14. The maximum atomic E-state index is 11.6. The van der Waals surface area contributed by atoms with Gasteiger partial charge in [-0.15, -0.1) is 11.6 Å². The van der Waals surface area contributed by atoms with Gasteiger partial charge in [0.1, 0.15) is 21.2 Å². The molecule has 1 aliphatic rings. The van der Waals surface area contributed by atoms with Crippen LogP contribution in [0.4, 0.5) is 0 Å². The van der Waals surface area contributed by atoms with E-state index in [1.807, 2.05) is 19.2 Å². The van der Waals surface area contributed by atoms with Crippen LogP contribution in [0.5, 0.6) is 0 Å². The van der Waals surface area contributed by atoms with E-state index in [2.05, 4.69) is 14.5 Å². The molecule has 0 radical (unpaired) electrons. The minimum absolute atomic E-state index is 0.145. The second-order valence-electron chi connectivity index (χ2n) is 5.58. The van der Waals surface area contributed by atoms with Gasteiger partial charge < -0.3 is 4.57 Å². The molecule has 0 aliphatic carbocycles. The Hall–Kier alpha value is -1.14. The van der Waals surface area contributed by atoms with Crippen LogP contribution in [-0.4, -0.2) is 40.3 Å². The predicted octanol–water partition coefficient (Wildman–Crippen LogP) is 2.27. The molecule has 0 spiro atoms. The van der Waals surface area contributed by atoms with Gasteiger partial charge in [-0.25, -0.2) is 18.4 Å². The summed E-state index contributed by atoms with van der Waals surface area (Å²) >= 11 is 5.88. The number of pyridine rings is 1. The number of aryl methyl sites for hydroxylation is 2. The van der Waals surface area contributed by atoms with E-state index in [9.17, 15) is 8.42 Å². The number of aromatic nitrogens is 3. The summed E-state index contributed by atoms with van der Waals surface area (Å²) < 4.78 is 25.3. The van der Waals surface area contributed by atoms with E-state index < -0.39 is 9.84 Å². The lowest BCUT2D eigenvalue weighted by Gasteiger charge is -2.25. The molecule has 0 unspecified atom stereocenters. The highest BCUT2D eigenvalue weighted by Crippen LogP contribution is 2.29. The molecular formula is C14H18ClN3O2S. The number of halogens is 1. The smallest absolute Gasteiger partial charge is 0.160 e. The summed E-state index contributed by atoms with van der Waals surface area (Å²) in [5.41, 5.74) is 2.77. The molecule has 1 fully saturated rings. The summed E-state index contributed by atoms with van der Waals surface area (Å²) in [7, 11) is -2.87. The van der Waals surface area contributed by atoms with Crippen molar-refractivity contribution in [1.29, 1.82) is 0 Å². The van der Waals surface area contributed by atoms with E-state index in [0.29, 0.717) is 25.1 Å². The number of fused-ring (bicyclic) bond motifs is 1. The summed E-state index contributed by atoms with van der Waals surface area (Å²) in [6.07, 6.45) is 3.74. The van der Waals surface area contributed by atoms with Gasteiger partial charge in [0.2, 0.25) is 0 Å². The van der Waals surface area contributed by atoms with Gasteiger partial charge >= 0.3 is 0 Å². The highest BCUT2D eigenvalue weighted by atomic mass is 35.5. The molecule has 3 heterocycles. The van der Waals surface area contributed by atoms with E-state index in [0.717, 1.165) is 22.6 Å². The Morgan fingerprint density at radius 3 is 2.76 bits per heavy atom. The molecule has 0 saturated carbocycles. The van der Waals surface area contributed by atoms with Crippen LogP contribution in [0.3, 0.4) is 0 Å². The highest BCUT2D eigenvalue weighted by Gasteiger charge is 2.27. The van der Waals surface area contributed by atoms with E-state index in [4.69, 9.17) is 11.6 Å². The molecule has 21 heavy (non-hydrogen) atoms. The van der Waals surface area contributed by atoms with Crippen molar-refractivity contribution in [3.63, 3.8) is 0 Å². The second kappa shape index (κ2) is 5.57. The third kappa shape index (κ3) is 2.92. The fourth-order valence-corrected chi connectivity index (χ4v) is 4.55. The first kappa shape index (κ1) is 14.8. The molecule has 2 aromatic heterocycles. The Labute approximate surface area is 129 Å². The number of imidazole rings is 1. The Morgan fingerprint density at radius 1 is 1.38 bits per heavy atom. The van der Waals surface area contributed by atoms with Gasteiger partial charge in [-0.1, -0.05) is 0 Å². The topological polar surface area (TPSA) is 64.8 Å². The van der Waals surface area contributed by atoms with Gasteiger partial charge in [-0.05, 0) is 31.4 Å². The van der Waals surface area contributed by atoms with Crippen molar-refractivity contribution in [2.24, 2.45) is 0 Å². The number of hydrogen-bond acceptors (Lipinski definition) is 4. The molecule has 1 aliphatic heterocycles. The lowest BCUT2D eigenvalue weighted by molar-refractivity contribution is 0.445. The fourth-order valence-electron chi connectivity index (χ4n) is 2.91. The van der Waals surface area contributed by atoms with Crippen LogP contribution in [-0.2, 0) is 16.3 Å². The molecule has 2 aromatic rings. The van der Waals surface area contributed by atoms with Crippen LogP contribution in [0.25, 0.3) is 11.2 Å². The lowest BCUT2D eigenvalue weighted by atomic mass is 10.1. The molecule has 3 rings (SSSR count). The van der Waals surface area contributed by atoms with Crippen molar-refractivity contribution in [1.82, 2.24) is 14.5 Å². The average molecular weight is 328 g/mol. The normalized spacial score (nSPS) is 19.1. The Morgan fingerprint density at radius 2 is 2.10 bits per heavy atom. The molecule has 1 saturated heterocycles. The molecule has 0 bridgehead atoms. The van der Waals surface area contributed by atoms with Crippen molar-refractivity contribution in [3.8, 4) is 0 Å². The molecule has 0 aromatic carbocycles. The maximum Gasteiger partial charge on any atom is 0.160 e. The van der Waals surface area contributed by atoms with Crippen LogP contribution in [0.1, 0.15) is 30.3 Å².